The highest BCUT2D eigenvalue weighted by atomic mass is 35.5. The first kappa shape index (κ1) is 10.2. The van der Waals surface area contributed by atoms with Gasteiger partial charge in [0.05, 0.1) is 0 Å². The molecule has 0 aliphatic heterocycles. The Labute approximate surface area is 93.5 Å². The van der Waals surface area contributed by atoms with Gasteiger partial charge in [-0.2, -0.15) is 0 Å². The van der Waals surface area contributed by atoms with Crippen molar-refractivity contribution in [2.75, 3.05) is 6.61 Å². The number of carbonyl (C=O) groups is 1. The fraction of sp³-hybridized carbons (Fsp3) is 0.250. The normalized spacial score (nSPS) is 13.8. The molecule has 78 valence electrons. The molecule has 1 aliphatic rings. The van der Waals surface area contributed by atoms with Gasteiger partial charge < -0.3 is 4.74 Å². The Bertz CT molecular complexity index is 424. The largest absolute Gasteiger partial charge is 0.488 e. The molecule has 15 heavy (non-hydrogen) atoms. The van der Waals surface area contributed by atoms with E-state index < -0.39 is 0 Å². The molecule has 0 saturated heterocycles. The molecule has 2 nitrogen and oxygen atoms in total. The van der Waals surface area contributed by atoms with Crippen LogP contribution < -0.4 is 4.74 Å². The van der Waals surface area contributed by atoms with Crippen LogP contribution in [0.5, 0.6) is 5.75 Å². The van der Waals surface area contributed by atoms with Gasteiger partial charge in [0.15, 0.2) is 5.78 Å². The van der Waals surface area contributed by atoms with Gasteiger partial charge in [-0.25, -0.2) is 0 Å². The van der Waals surface area contributed by atoms with Gasteiger partial charge in [0.1, 0.15) is 12.4 Å². The Hall–Kier alpha value is -1.28. The molecule has 0 radical (unpaired) electrons. The van der Waals surface area contributed by atoms with Gasteiger partial charge in [0.2, 0.25) is 0 Å². The molecule has 3 heteroatoms. The molecule has 0 atom stereocenters. The van der Waals surface area contributed by atoms with Crippen LogP contribution in [0.2, 0.25) is 0 Å². The Morgan fingerprint density at radius 3 is 3.00 bits per heavy atom. The lowest BCUT2D eigenvalue weighted by Crippen LogP contribution is -1.97. The molecule has 2 rings (SSSR count). The summed E-state index contributed by atoms with van der Waals surface area (Å²) in [6.07, 6.45) is 1.42. The molecular weight excluding hydrogens is 212 g/mol. The van der Waals surface area contributed by atoms with Crippen molar-refractivity contribution in [3.63, 3.8) is 0 Å². The lowest BCUT2D eigenvalue weighted by Gasteiger charge is -2.06. The molecule has 0 fully saturated rings. The molecule has 0 amide bonds. The van der Waals surface area contributed by atoms with Crippen LogP contribution in [-0.2, 0) is 6.42 Å². The predicted octanol–water partition coefficient (Wildman–Crippen LogP) is 2.95. The summed E-state index contributed by atoms with van der Waals surface area (Å²) in [5.41, 5.74) is 1.89. The Kier molecular flexibility index (Phi) is 2.78. The standard InChI is InChI=1S/C12H11ClO2/c1-8(13)7-15-10-3-4-11-9(6-10)2-5-12(11)14/h3-4,6H,1-2,5,7H2. The van der Waals surface area contributed by atoms with Gasteiger partial charge in [-0.05, 0) is 30.2 Å². The number of carbonyl (C=O) groups excluding carboxylic acids is 1. The predicted molar refractivity (Wildman–Crippen MR) is 59.6 cm³/mol. The summed E-state index contributed by atoms with van der Waals surface area (Å²) in [6.45, 7) is 3.84. The summed E-state index contributed by atoms with van der Waals surface area (Å²) in [6, 6.07) is 5.51. The second-order valence-corrected chi connectivity index (χ2v) is 4.08. The number of hydrogen-bond acceptors (Lipinski definition) is 2. The average molecular weight is 223 g/mol. The maximum absolute atomic E-state index is 11.4. The average Bonchev–Trinajstić information content (AvgIpc) is 2.57. The highest BCUT2D eigenvalue weighted by Crippen LogP contribution is 2.26. The maximum atomic E-state index is 11.4. The monoisotopic (exact) mass is 222 g/mol. The van der Waals surface area contributed by atoms with Crippen molar-refractivity contribution in [2.24, 2.45) is 0 Å². The van der Waals surface area contributed by atoms with Gasteiger partial charge in [0.25, 0.3) is 0 Å². The van der Waals surface area contributed by atoms with Crippen LogP contribution in [0.4, 0.5) is 0 Å². The molecule has 1 aromatic carbocycles. The summed E-state index contributed by atoms with van der Waals surface area (Å²) >= 11 is 5.59. The highest BCUT2D eigenvalue weighted by Gasteiger charge is 2.19. The van der Waals surface area contributed by atoms with Crippen molar-refractivity contribution >= 4 is 17.4 Å². The van der Waals surface area contributed by atoms with Crippen LogP contribution in [0, 0.1) is 0 Å². The summed E-state index contributed by atoms with van der Waals surface area (Å²) in [7, 11) is 0. The van der Waals surface area contributed by atoms with Crippen LogP contribution in [0.1, 0.15) is 22.3 Å². The first-order chi connectivity index (χ1) is 7.16. The minimum atomic E-state index is 0.221. The number of Topliss-reactive ketones (excluding diaryl/α,β-unsaturated/α-hetero) is 1. The maximum Gasteiger partial charge on any atom is 0.163 e. The number of ketones is 1. The number of benzene rings is 1. The number of ether oxygens (including phenoxy) is 1. The van der Waals surface area contributed by atoms with E-state index >= 15 is 0 Å². The topological polar surface area (TPSA) is 26.3 Å². The van der Waals surface area contributed by atoms with Gasteiger partial charge >= 0.3 is 0 Å². The molecule has 0 heterocycles. The van der Waals surface area contributed by atoms with Crippen molar-refractivity contribution in [1.29, 1.82) is 0 Å². The van der Waals surface area contributed by atoms with E-state index in [9.17, 15) is 4.79 Å². The Morgan fingerprint density at radius 2 is 2.27 bits per heavy atom. The van der Waals surface area contributed by atoms with Gasteiger partial charge in [-0.1, -0.05) is 18.2 Å². The Morgan fingerprint density at radius 1 is 1.47 bits per heavy atom. The fourth-order valence-corrected chi connectivity index (χ4v) is 1.74. The third-order valence-corrected chi connectivity index (χ3v) is 2.50. The zero-order valence-electron chi connectivity index (χ0n) is 8.25. The number of hydrogen-bond donors (Lipinski definition) is 0. The third-order valence-electron chi connectivity index (χ3n) is 2.39. The second kappa shape index (κ2) is 4.07. The molecule has 0 saturated carbocycles. The van der Waals surface area contributed by atoms with Crippen LogP contribution in [0.25, 0.3) is 0 Å². The highest BCUT2D eigenvalue weighted by molar-refractivity contribution is 6.29. The smallest absolute Gasteiger partial charge is 0.163 e. The summed E-state index contributed by atoms with van der Waals surface area (Å²) in [4.78, 5) is 11.4. The SMILES string of the molecule is C=C(Cl)COc1ccc2c(c1)CCC2=O. The van der Waals surface area contributed by atoms with E-state index in [2.05, 4.69) is 6.58 Å². The zero-order chi connectivity index (χ0) is 10.8. The van der Waals surface area contributed by atoms with E-state index in [0.29, 0.717) is 18.1 Å². The second-order valence-electron chi connectivity index (χ2n) is 3.55. The first-order valence-electron chi connectivity index (χ1n) is 4.79. The molecule has 0 unspecified atom stereocenters. The van der Waals surface area contributed by atoms with Crippen molar-refractivity contribution in [3.05, 3.63) is 40.9 Å². The van der Waals surface area contributed by atoms with E-state index in [1.54, 1.807) is 6.07 Å². The zero-order valence-corrected chi connectivity index (χ0v) is 9.01. The molecule has 0 bridgehead atoms. The van der Waals surface area contributed by atoms with Crippen molar-refractivity contribution < 1.29 is 9.53 Å². The number of fused-ring (bicyclic) bond motifs is 1. The van der Waals surface area contributed by atoms with Crippen molar-refractivity contribution in [1.82, 2.24) is 0 Å². The van der Waals surface area contributed by atoms with Gasteiger partial charge in [-0.15, -0.1) is 0 Å². The van der Waals surface area contributed by atoms with Crippen LogP contribution in [-0.4, -0.2) is 12.4 Å². The molecule has 0 aromatic heterocycles. The molecule has 0 N–H and O–H groups in total. The Balaban J connectivity index is 2.16. The summed E-state index contributed by atoms with van der Waals surface area (Å²) in [5.74, 6) is 0.962. The first-order valence-corrected chi connectivity index (χ1v) is 5.17. The fourth-order valence-electron chi connectivity index (χ4n) is 1.68. The van der Waals surface area contributed by atoms with Crippen molar-refractivity contribution in [3.8, 4) is 5.75 Å². The minimum absolute atomic E-state index is 0.221. The van der Waals surface area contributed by atoms with Crippen LogP contribution in [0.3, 0.4) is 0 Å². The van der Waals surface area contributed by atoms with Gasteiger partial charge in [0, 0.05) is 17.0 Å². The lowest BCUT2D eigenvalue weighted by molar-refractivity contribution is 0.0994. The van der Waals surface area contributed by atoms with E-state index in [4.69, 9.17) is 16.3 Å². The van der Waals surface area contributed by atoms with Crippen molar-refractivity contribution in [2.45, 2.75) is 12.8 Å². The minimum Gasteiger partial charge on any atom is -0.488 e. The van der Waals surface area contributed by atoms with E-state index in [-0.39, 0.29) is 5.78 Å². The molecule has 0 spiro atoms. The molecule has 1 aromatic rings. The third kappa shape index (κ3) is 2.21. The van der Waals surface area contributed by atoms with E-state index in [1.807, 2.05) is 12.1 Å². The number of rotatable bonds is 3. The summed E-state index contributed by atoms with van der Waals surface area (Å²) < 4.78 is 5.39. The molecule has 1 aliphatic carbocycles. The summed E-state index contributed by atoms with van der Waals surface area (Å²) in [5, 5.41) is 0.464. The van der Waals surface area contributed by atoms with Gasteiger partial charge in [-0.3, -0.25) is 4.79 Å². The van der Waals surface area contributed by atoms with E-state index in [0.717, 1.165) is 23.3 Å². The number of aryl methyl sites for hydroxylation is 1. The number of halogens is 1. The quantitative estimate of drug-likeness (QED) is 0.786. The van der Waals surface area contributed by atoms with Crippen LogP contribution >= 0.6 is 11.6 Å². The lowest BCUT2D eigenvalue weighted by atomic mass is 10.1. The van der Waals surface area contributed by atoms with E-state index in [1.165, 1.54) is 0 Å². The van der Waals surface area contributed by atoms with Crippen LogP contribution in [0.15, 0.2) is 29.8 Å². The molecular formula is C12H11ClO2.